The lowest BCUT2D eigenvalue weighted by Gasteiger charge is -2.20. The van der Waals surface area contributed by atoms with Crippen molar-refractivity contribution in [3.63, 3.8) is 0 Å². The van der Waals surface area contributed by atoms with Gasteiger partial charge in [-0.1, -0.05) is 12.1 Å². The van der Waals surface area contributed by atoms with Gasteiger partial charge in [0, 0.05) is 19.2 Å². The second kappa shape index (κ2) is 6.92. The molecule has 1 N–H and O–H groups in total. The third-order valence-electron chi connectivity index (χ3n) is 3.42. The van der Waals surface area contributed by atoms with Crippen LogP contribution < -0.4 is 10.1 Å². The maximum absolute atomic E-state index is 5.71. The Morgan fingerprint density at radius 1 is 1.37 bits per heavy atom. The molecule has 0 aromatic heterocycles. The van der Waals surface area contributed by atoms with Crippen LogP contribution in [0.2, 0.25) is 0 Å². The fraction of sp³-hybridized carbons (Fsp3) is 0.625. The third-order valence-corrected chi connectivity index (χ3v) is 3.42. The molecule has 1 saturated heterocycles. The molecule has 3 nitrogen and oxygen atoms in total. The van der Waals surface area contributed by atoms with Gasteiger partial charge in [0.25, 0.3) is 0 Å². The molecule has 0 aliphatic carbocycles. The molecule has 2 atom stereocenters. The van der Waals surface area contributed by atoms with Gasteiger partial charge >= 0.3 is 0 Å². The molecule has 19 heavy (non-hydrogen) atoms. The Morgan fingerprint density at radius 3 is 2.89 bits per heavy atom. The van der Waals surface area contributed by atoms with E-state index in [4.69, 9.17) is 9.47 Å². The van der Waals surface area contributed by atoms with Gasteiger partial charge in [0.1, 0.15) is 5.75 Å². The van der Waals surface area contributed by atoms with E-state index in [1.54, 1.807) is 0 Å². The second-order valence-electron chi connectivity index (χ2n) is 5.54. The van der Waals surface area contributed by atoms with Crippen molar-refractivity contribution in [2.24, 2.45) is 0 Å². The maximum atomic E-state index is 5.71. The Kier molecular flexibility index (Phi) is 5.23. The van der Waals surface area contributed by atoms with Gasteiger partial charge < -0.3 is 14.8 Å². The zero-order valence-electron chi connectivity index (χ0n) is 12.2. The highest BCUT2D eigenvalue weighted by atomic mass is 16.5. The summed E-state index contributed by atoms with van der Waals surface area (Å²) in [6.07, 6.45) is 2.95. The van der Waals surface area contributed by atoms with Crippen molar-refractivity contribution in [1.82, 2.24) is 5.32 Å². The summed E-state index contributed by atoms with van der Waals surface area (Å²) in [6, 6.07) is 8.69. The first kappa shape index (κ1) is 14.4. The summed E-state index contributed by atoms with van der Waals surface area (Å²) in [7, 11) is 0. The predicted molar refractivity (Wildman–Crippen MR) is 77.5 cm³/mol. The zero-order chi connectivity index (χ0) is 13.7. The number of hydrogen-bond acceptors (Lipinski definition) is 3. The van der Waals surface area contributed by atoms with E-state index in [0.717, 1.165) is 18.9 Å². The van der Waals surface area contributed by atoms with Crippen molar-refractivity contribution in [3.8, 4) is 5.75 Å². The lowest BCUT2D eigenvalue weighted by Crippen LogP contribution is -2.36. The highest BCUT2D eigenvalue weighted by molar-refractivity contribution is 5.28. The Balaban J connectivity index is 1.84. The highest BCUT2D eigenvalue weighted by Crippen LogP contribution is 2.17. The second-order valence-corrected chi connectivity index (χ2v) is 5.54. The van der Waals surface area contributed by atoms with Crippen LogP contribution >= 0.6 is 0 Å². The average Bonchev–Trinajstić information content (AvgIpc) is 2.89. The molecule has 1 heterocycles. The average molecular weight is 263 g/mol. The van der Waals surface area contributed by atoms with Crippen molar-refractivity contribution < 1.29 is 9.47 Å². The summed E-state index contributed by atoms with van der Waals surface area (Å²) < 4.78 is 11.4. The van der Waals surface area contributed by atoms with E-state index in [1.807, 2.05) is 26.0 Å². The molecule has 1 aliphatic heterocycles. The summed E-state index contributed by atoms with van der Waals surface area (Å²) in [4.78, 5) is 0. The molecule has 3 heteroatoms. The van der Waals surface area contributed by atoms with Gasteiger partial charge in [-0.15, -0.1) is 0 Å². The van der Waals surface area contributed by atoms with Gasteiger partial charge in [0.15, 0.2) is 0 Å². The van der Waals surface area contributed by atoms with Crippen LogP contribution in [-0.2, 0) is 11.3 Å². The van der Waals surface area contributed by atoms with Crippen molar-refractivity contribution in [1.29, 1.82) is 0 Å². The minimum absolute atomic E-state index is 0.217. The molecule has 0 amide bonds. The van der Waals surface area contributed by atoms with Gasteiger partial charge in [-0.05, 0) is 51.3 Å². The van der Waals surface area contributed by atoms with E-state index < -0.39 is 0 Å². The molecule has 106 valence electrons. The lowest BCUT2D eigenvalue weighted by molar-refractivity contribution is 0.0832. The Morgan fingerprint density at radius 2 is 2.21 bits per heavy atom. The van der Waals surface area contributed by atoms with Gasteiger partial charge in [-0.25, -0.2) is 0 Å². The van der Waals surface area contributed by atoms with E-state index in [2.05, 4.69) is 24.4 Å². The number of ether oxygens (including phenoxy) is 2. The minimum Gasteiger partial charge on any atom is -0.491 e. The highest BCUT2D eigenvalue weighted by Gasteiger charge is 2.21. The van der Waals surface area contributed by atoms with E-state index in [0.29, 0.717) is 12.1 Å². The van der Waals surface area contributed by atoms with E-state index in [1.165, 1.54) is 18.4 Å². The smallest absolute Gasteiger partial charge is 0.120 e. The molecule has 1 aromatic carbocycles. The van der Waals surface area contributed by atoms with Crippen molar-refractivity contribution in [3.05, 3.63) is 29.8 Å². The van der Waals surface area contributed by atoms with Crippen LogP contribution in [0.4, 0.5) is 0 Å². The van der Waals surface area contributed by atoms with Crippen LogP contribution in [-0.4, -0.2) is 24.9 Å². The molecular weight excluding hydrogens is 238 g/mol. The predicted octanol–water partition coefficient (Wildman–Crippen LogP) is 3.13. The van der Waals surface area contributed by atoms with Gasteiger partial charge in [-0.3, -0.25) is 0 Å². The minimum atomic E-state index is 0.217. The monoisotopic (exact) mass is 263 g/mol. The quantitative estimate of drug-likeness (QED) is 0.855. The van der Waals surface area contributed by atoms with Crippen LogP contribution in [0, 0.1) is 0 Å². The molecule has 2 rings (SSSR count). The molecule has 0 saturated carbocycles. The Bertz CT molecular complexity index is 386. The summed E-state index contributed by atoms with van der Waals surface area (Å²) in [5, 5.41) is 3.54. The van der Waals surface area contributed by atoms with Gasteiger partial charge in [0.05, 0.1) is 12.2 Å². The summed E-state index contributed by atoms with van der Waals surface area (Å²) in [5.41, 5.74) is 1.25. The molecule has 0 radical (unpaired) electrons. The lowest BCUT2D eigenvalue weighted by atomic mass is 10.1. The largest absolute Gasteiger partial charge is 0.491 e. The number of hydrogen-bond donors (Lipinski definition) is 1. The SMILES string of the molecule is CC(C)Oc1cccc(CNC(C)C2CCCO2)c1. The first-order valence-corrected chi connectivity index (χ1v) is 7.25. The third kappa shape index (κ3) is 4.51. The molecule has 1 fully saturated rings. The Hall–Kier alpha value is -1.06. The van der Waals surface area contributed by atoms with Gasteiger partial charge in [0.2, 0.25) is 0 Å². The fourth-order valence-corrected chi connectivity index (χ4v) is 2.41. The number of nitrogens with one attached hydrogen (secondary N) is 1. The molecule has 1 aliphatic rings. The van der Waals surface area contributed by atoms with Crippen molar-refractivity contribution in [2.45, 2.75) is 58.4 Å². The maximum Gasteiger partial charge on any atom is 0.120 e. The van der Waals surface area contributed by atoms with Gasteiger partial charge in [-0.2, -0.15) is 0 Å². The molecular formula is C16H25NO2. The summed E-state index contributed by atoms with van der Waals surface area (Å²) >= 11 is 0. The first-order valence-electron chi connectivity index (χ1n) is 7.25. The standard InChI is InChI=1S/C16H25NO2/c1-12(2)19-15-7-4-6-14(10-15)11-17-13(3)16-8-5-9-18-16/h4,6-7,10,12-13,16-17H,5,8-9,11H2,1-3H3. The van der Waals surface area contributed by atoms with Crippen LogP contribution in [0.15, 0.2) is 24.3 Å². The summed E-state index contributed by atoms with van der Waals surface area (Å²) in [6.45, 7) is 8.06. The topological polar surface area (TPSA) is 30.5 Å². The van der Waals surface area contributed by atoms with Crippen LogP contribution in [0.25, 0.3) is 0 Å². The van der Waals surface area contributed by atoms with Crippen LogP contribution in [0.5, 0.6) is 5.75 Å². The molecule has 0 bridgehead atoms. The van der Waals surface area contributed by atoms with Crippen molar-refractivity contribution in [2.75, 3.05) is 6.61 Å². The first-order chi connectivity index (χ1) is 9.15. The van der Waals surface area contributed by atoms with Crippen LogP contribution in [0.3, 0.4) is 0 Å². The van der Waals surface area contributed by atoms with E-state index in [9.17, 15) is 0 Å². The van der Waals surface area contributed by atoms with E-state index in [-0.39, 0.29) is 6.10 Å². The van der Waals surface area contributed by atoms with Crippen molar-refractivity contribution >= 4 is 0 Å². The molecule has 1 aromatic rings. The fourth-order valence-electron chi connectivity index (χ4n) is 2.41. The normalized spacial score (nSPS) is 20.7. The van der Waals surface area contributed by atoms with E-state index >= 15 is 0 Å². The molecule has 0 spiro atoms. The molecule has 2 unspecified atom stereocenters. The van der Waals surface area contributed by atoms with Crippen LogP contribution in [0.1, 0.15) is 39.2 Å². The Labute approximate surface area is 116 Å². The number of benzene rings is 1. The zero-order valence-corrected chi connectivity index (χ0v) is 12.2. The number of rotatable bonds is 6. The summed E-state index contributed by atoms with van der Waals surface area (Å²) in [5.74, 6) is 0.944.